The van der Waals surface area contributed by atoms with E-state index in [-0.39, 0.29) is 5.91 Å². The highest BCUT2D eigenvalue weighted by atomic mass is 16.6. The van der Waals surface area contributed by atoms with Crippen LogP contribution >= 0.6 is 0 Å². The number of amides is 1. The van der Waals surface area contributed by atoms with Crippen LogP contribution < -0.4 is 14.8 Å². The third-order valence-corrected chi connectivity index (χ3v) is 6.04. The van der Waals surface area contributed by atoms with Crippen LogP contribution in [0.25, 0.3) is 11.0 Å². The van der Waals surface area contributed by atoms with Gasteiger partial charge >= 0.3 is 0 Å². The highest BCUT2D eigenvalue weighted by molar-refractivity contribution is 5.91. The van der Waals surface area contributed by atoms with Crippen LogP contribution in [0.3, 0.4) is 0 Å². The molecule has 0 saturated carbocycles. The summed E-state index contributed by atoms with van der Waals surface area (Å²) in [5.74, 6) is 2.06. The van der Waals surface area contributed by atoms with Crippen molar-refractivity contribution < 1.29 is 18.9 Å². The summed E-state index contributed by atoms with van der Waals surface area (Å²) in [5.41, 5.74) is 3.57. The van der Waals surface area contributed by atoms with Gasteiger partial charge in [-0.1, -0.05) is 6.07 Å². The lowest BCUT2D eigenvalue weighted by molar-refractivity contribution is -0.116. The maximum Gasteiger partial charge on any atom is 0.224 e. The molecule has 2 aliphatic rings. The van der Waals surface area contributed by atoms with E-state index in [2.05, 4.69) is 26.6 Å². The third-order valence-electron chi connectivity index (χ3n) is 6.04. The van der Waals surface area contributed by atoms with Crippen molar-refractivity contribution in [3.05, 3.63) is 42.0 Å². The fourth-order valence-corrected chi connectivity index (χ4v) is 4.30. The Labute approximate surface area is 180 Å². The highest BCUT2D eigenvalue weighted by Gasteiger charge is 2.20. The zero-order valence-electron chi connectivity index (χ0n) is 17.4. The van der Waals surface area contributed by atoms with Crippen LogP contribution in [0.5, 0.6) is 11.5 Å². The average Bonchev–Trinajstić information content (AvgIpc) is 3.26. The molecule has 2 aromatic carbocycles. The number of nitrogens with one attached hydrogen (secondary N) is 1. The number of hydrogen-bond acceptors (Lipinski definition) is 7. The van der Waals surface area contributed by atoms with Crippen molar-refractivity contribution >= 4 is 22.6 Å². The summed E-state index contributed by atoms with van der Waals surface area (Å²) in [5, 5.41) is 10.8. The lowest BCUT2D eigenvalue weighted by atomic mass is 9.92. The molecule has 0 unspecified atom stereocenters. The number of piperidine rings is 1. The van der Waals surface area contributed by atoms with Crippen LogP contribution in [-0.2, 0) is 11.3 Å². The van der Waals surface area contributed by atoms with Crippen LogP contribution in [0.4, 0.5) is 5.69 Å². The molecule has 3 aromatic rings. The van der Waals surface area contributed by atoms with Gasteiger partial charge in [-0.25, -0.2) is 4.63 Å². The van der Waals surface area contributed by atoms with Crippen LogP contribution in [0.15, 0.2) is 41.0 Å². The first-order valence-electron chi connectivity index (χ1n) is 10.9. The fourth-order valence-electron chi connectivity index (χ4n) is 4.30. The topological polar surface area (TPSA) is 89.7 Å². The minimum absolute atomic E-state index is 0.0497. The number of aromatic nitrogens is 2. The number of anilines is 1. The van der Waals surface area contributed by atoms with Crippen molar-refractivity contribution in [2.75, 3.05) is 31.6 Å². The molecule has 0 spiro atoms. The summed E-state index contributed by atoms with van der Waals surface area (Å²) in [6.07, 6.45) is 3.69. The molecular formula is C23H26N4O4. The lowest BCUT2D eigenvalue weighted by Gasteiger charge is -2.32. The van der Waals surface area contributed by atoms with Crippen LogP contribution in [0.1, 0.15) is 31.2 Å². The molecular weight excluding hydrogens is 396 g/mol. The molecule has 162 valence electrons. The van der Waals surface area contributed by atoms with Gasteiger partial charge in [0.2, 0.25) is 5.91 Å². The fraction of sp³-hybridized carbons (Fsp3) is 0.435. The number of fused-ring (bicyclic) bond motifs is 2. The quantitative estimate of drug-likeness (QED) is 0.649. The summed E-state index contributed by atoms with van der Waals surface area (Å²) in [7, 11) is 0. The minimum Gasteiger partial charge on any atom is -0.486 e. The molecule has 8 nitrogen and oxygen atoms in total. The zero-order chi connectivity index (χ0) is 21.0. The summed E-state index contributed by atoms with van der Waals surface area (Å²) in [6, 6.07) is 11.6. The molecule has 31 heavy (non-hydrogen) atoms. The molecule has 1 fully saturated rings. The van der Waals surface area contributed by atoms with Crippen molar-refractivity contribution in [3.8, 4) is 11.5 Å². The largest absolute Gasteiger partial charge is 0.486 e. The maximum absolute atomic E-state index is 12.4. The number of benzene rings is 2. The summed E-state index contributed by atoms with van der Waals surface area (Å²) >= 11 is 0. The number of ether oxygens (including phenoxy) is 2. The van der Waals surface area contributed by atoms with E-state index in [0.29, 0.717) is 31.3 Å². The van der Waals surface area contributed by atoms with Crippen molar-refractivity contribution in [1.82, 2.24) is 15.2 Å². The highest BCUT2D eigenvalue weighted by Crippen LogP contribution is 2.32. The third kappa shape index (κ3) is 4.80. The first-order valence-corrected chi connectivity index (χ1v) is 10.9. The molecule has 8 heteroatoms. The molecule has 0 bridgehead atoms. The first kappa shape index (κ1) is 19.8. The van der Waals surface area contributed by atoms with Crippen LogP contribution in [0.2, 0.25) is 0 Å². The molecule has 3 heterocycles. The van der Waals surface area contributed by atoms with E-state index in [4.69, 9.17) is 14.1 Å². The Morgan fingerprint density at radius 3 is 2.68 bits per heavy atom. The summed E-state index contributed by atoms with van der Waals surface area (Å²) < 4.78 is 15.9. The number of likely N-dealkylation sites (tertiary alicyclic amines) is 1. The van der Waals surface area contributed by atoms with E-state index in [1.54, 1.807) is 0 Å². The molecule has 1 N–H and O–H groups in total. The Morgan fingerprint density at radius 1 is 1.00 bits per heavy atom. The Kier molecular flexibility index (Phi) is 5.71. The first-order chi connectivity index (χ1) is 15.2. The smallest absolute Gasteiger partial charge is 0.224 e. The maximum atomic E-state index is 12.4. The monoisotopic (exact) mass is 422 g/mol. The second-order valence-electron chi connectivity index (χ2n) is 8.25. The molecule has 0 atom stereocenters. The molecule has 1 saturated heterocycles. The van der Waals surface area contributed by atoms with Gasteiger partial charge < -0.3 is 14.8 Å². The lowest BCUT2D eigenvalue weighted by Crippen LogP contribution is -2.33. The van der Waals surface area contributed by atoms with E-state index in [1.807, 2.05) is 30.3 Å². The van der Waals surface area contributed by atoms with Gasteiger partial charge in [-0.05, 0) is 78.4 Å². The predicted molar refractivity (Wildman–Crippen MR) is 115 cm³/mol. The van der Waals surface area contributed by atoms with Crippen LogP contribution in [-0.4, -0.2) is 47.4 Å². The van der Waals surface area contributed by atoms with Crippen LogP contribution in [0, 0.1) is 5.92 Å². The normalized spacial score (nSPS) is 17.0. The number of rotatable bonds is 6. The summed E-state index contributed by atoms with van der Waals surface area (Å²) in [6.45, 7) is 4.09. The molecule has 0 aliphatic carbocycles. The molecule has 1 amide bonds. The van der Waals surface area contributed by atoms with E-state index in [9.17, 15) is 4.79 Å². The van der Waals surface area contributed by atoms with Gasteiger partial charge in [0.05, 0.1) is 0 Å². The van der Waals surface area contributed by atoms with Gasteiger partial charge in [-0.3, -0.25) is 9.69 Å². The predicted octanol–water partition coefficient (Wildman–Crippen LogP) is 3.62. The number of carbonyl (C=O) groups excluding carboxylic acids is 1. The van der Waals surface area contributed by atoms with Crippen molar-refractivity contribution in [3.63, 3.8) is 0 Å². The number of nitrogens with zero attached hydrogens (tertiary/aromatic N) is 3. The van der Waals surface area contributed by atoms with Crippen molar-refractivity contribution in [2.45, 2.75) is 32.2 Å². The zero-order valence-corrected chi connectivity index (χ0v) is 17.4. The van der Waals surface area contributed by atoms with E-state index in [1.165, 1.54) is 5.56 Å². The average molecular weight is 422 g/mol. The molecule has 1 aromatic heterocycles. The summed E-state index contributed by atoms with van der Waals surface area (Å²) in [4.78, 5) is 14.9. The minimum atomic E-state index is 0.0497. The molecule has 0 radical (unpaired) electrons. The van der Waals surface area contributed by atoms with Gasteiger partial charge in [-0.2, -0.15) is 0 Å². The number of hydrogen-bond donors (Lipinski definition) is 1. The Hall–Kier alpha value is -3.13. The second-order valence-corrected chi connectivity index (χ2v) is 8.25. The van der Waals surface area contributed by atoms with Gasteiger partial charge in [0.25, 0.3) is 0 Å². The Balaban J connectivity index is 1.05. The Bertz CT molecular complexity index is 1060. The van der Waals surface area contributed by atoms with Crippen molar-refractivity contribution in [2.24, 2.45) is 5.92 Å². The van der Waals surface area contributed by atoms with E-state index < -0.39 is 0 Å². The van der Waals surface area contributed by atoms with Crippen molar-refractivity contribution in [1.29, 1.82) is 0 Å². The second kappa shape index (κ2) is 8.93. The Morgan fingerprint density at radius 2 is 1.81 bits per heavy atom. The molecule has 2 aliphatic heterocycles. The standard InChI is InChI=1S/C23H26N4O4/c28-23(24-18-3-5-21-22(14-18)30-12-11-29-21)6-2-16-7-9-27(10-8-16)15-17-1-4-19-20(13-17)26-31-25-19/h1,3-5,13-14,16H,2,6-12,15H2,(H,24,28). The van der Waals surface area contributed by atoms with E-state index >= 15 is 0 Å². The van der Waals surface area contributed by atoms with Gasteiger partial charge in [-0.15, -0.1) is 0 Å². The SMILES string of the molecule is O=C(CCC1CCN(Cc2ccc3nonc3c2)CC1)Nc1ccc2c(c1)OCCO2. The number of carbonyl (C=O) groups is 1. The molecule has 5 rings (SSSR count). The van der Waals surface area contributed by atoms with Gasteiger partial charge in [0.15, 0.2) is 11.5 Å². The van der Waals surface area contributed by atoms with Gasteiger partial charge in [0, 0.05) is 24.7 Å². The van der Waals surface area contributed by atoms with Gasteiger partial charge in [0.1, 0.15) is 24.2 Å². The van der Waals surface area contributed by atoms with E-state index in [0.717, 1.165) is 61.4 Å².